The molecular weight excluding hydrogens is 572 g/mol. The number of thiazole rings is 1. The lowest BCUT2D eigenvalue weighted by molar-refractivity contribution is -0.139. The van der Waals surface area contributed by atoms with Gasteiger partial charge in [0.2, 0.25) is 5.91 Å². The van der Waals surface area contributed by atoms with Gasteiger partial charge in [-0.15, -0.1) is 0 Å². The number of fused-ring (bicyclic) bond motifs is 1. The third kappa shape index (κ3) is 6.51. The molecule has 7 nitrogen and oxygen atoms in total. The van der Waals surface area contributed by atoms with Crippen LogP contribution in [-0.4, -0.2) is 67.8 Å². The van der Waals surface area contributed by atoms with E-state index in [4.69, 9.17) is 10.00 Å². The number of alkyl halides is 6. The number of anilines is 2. The highest BCUT2D eigenvalue weighted by molar-refractivity contribution is 7.22. The van der Waals surface area contributed by atoms with Gasteiger partial charge in [-0.1, -0.05) is 11.3 Å². The SMILES string of the molecule is N#Cc1ccc(N2CCC(OCC(=O)N3CCN(c4nc5cc(C(F)(F)F)ccc5s4)CC3)CC2)cc1C(F)(F)F. The van der Waals surface area contributed by atoms with Crippen molar-refractivity contribution in [2.24, 2.45) is 0 Å². The number of piperidine rings is 1. The topological polar surface area (TPSA) is 72.7 Å². The standard InChI is InChI=1S/C27H25F6N5O2S/c28-26(29,30)18-2-4-23-22(13-18)35-25(41-23)38-11-9-37(10-12-38)24(39)16-40-20-5-7-36(8-6-20)19-3-1-17(15-34)21(14-19)27(31,32)33/h1-4,13-14,20H,5-12,16H2. The fourth-order valence-corrected chi connectivity index (χ4v) is 5.99. The molecule has 2 saturated heterocycles. The largest absolute Gasteiger partial charge is 0.417 e. The Kier molecular flexibility index (Phi) is 8.02. The molecule has 2 aliphatic rings. The molecule has 0 N–H and O–H groups in total. The van der Waals surface area contributed by atoms with Gasteiger partial charge in [0.25, 0.3) is 0 Å². The highest BCUT2D eigenvalue weighted by Gasteiger charge is 2.35. The molecule has 14 heteroatoms. The summed E-state index contributed by atoms with van der Waals surface area (Å²) in [6, 6.07) is 8.77. The zero-order valence-corrected chi connectivity index (χ0v) is 22.5. The molecule has 2 fully saturated rings. The first-order chi connectivity index (χ1) is 19.4. The Morgan fingerprint density at radius 2 is 1.66 bits per heavy atom. The number of rotatable bonds is 5. The second-order valence-corrected chi connectivity index (χ2v) is 10.9. The lowest BCUT2D eigenvalue weighted by atomic mass is 10.0. The van der Waals surface area contributed by atoms with Crippen molar-refractivity contribution in [2.75, 3.05) is 55.7 Å². The Morgan fingerprint density at radius 1 is 0.951 bits per heavy atom. The van der Waals surface area contributed by atoms with E-state index in [-0.39, 0.29) is 24.1 Å². The van der Waals surface area contributed by atoms with Crippen LogP contribution in [0.1, 0.15) is 29.5 Å². The zero-order chi connectivity index (χ0) is 29.4. The van der Waals surface area contributed by atoms with Crippen LogP contribution in [0, 0.1) is 11.3 Å². The van der Waals surface area contributed by atoms with Crippen LogP contribution in [0.15, 0.2) is 36.4 Å². The van der Waals surface area contributed by atoms with E-state index < -0.39 is 29.0 Å². The number of benzene rings is 2. The predicted octanol–water partition coefficient (Wildman–Crippen LogP) is 5.54. The lowest BCUT2D eigenvalue weighted by Crippen LogP contribution is -2.50. The molecule has 2 aliphatic heterocycles. The summed E-state index contributed by atoms with van der Waals surface area (Å²) < 4.78 is 85.4. The molecule has 0 spiro atoms. The van der Waals surface area contributed by atoms with Crippen LogP contribution in [-0.2, 0) is 21.9 Å². The minimum absolute atomic E-state index is 0.110. The van der Waals surface area contributed by atoms with E-state index in [1.807, 2.05) is 9.80 Å². The maximum Gasteiger partial charge on any atom is 0.417 e. The number of carbonyl (C=O) groups excluding carboxylic acids is 1. The number of aromatic nitrogens is 1. The second-order valence-electron chi connectivity index (χ2n) is 9.88. The molecule has 0 unspecified atom stereocenters. The first-order valence-electron chi connectivity index (χ1n) is 12.9. The van der Waals surface area contributed by atoms with Gasteiger partial charge in [0, 0.05) is 45.0 Å². The average molecular weight is 598 g/mol. The van der Waals surface area contributed by atoms with Crippen LogP contribution in [0.2, 0.25) is 0 Å². The summed E-state index contributed by atoms with van der Waals surface area (Å²) in [6.45, 7) is 2.61. The van der Waals surface area contributed by atoms with Crippen molar-refractivity contribution in [3.63, 3.8) is 0 Å². The second kappa shape index (κ2) is 11.4. The van der Waals surface area contributed by atoms with Gasteiger partial charge in [-0.3, -0.25) is 4.79 Å². The molecule has 0 aliphatic carbocycles. The molecule has 1 aromatic heterocycles. The number of halogens is 6. The molecule has 0 saturated carbocycles. The quantitative estimate of drug-likeness (QED) is 0.360. The van der Waals surface area contributed by atoms with Crippen LogP contribution in [0.3, 0.4) is 0 Å². The average Bonchev–Trinajstić information content (AvgIpc) is 3.39. The van der Waals surface area contributed by atoms with Gasteiger partial charge in [0.15, 0.2) is 5.13 Å². The molecule has 3 heterocycles. The van der Waals surface area contributed by atoms with E-state index in [0.717, 1.165) is 18.2 Å². The number of nitriles is 1. The molecular formula is C27H25F6N5O2S. The maximum absolute atomic E-state index is 13.3. The van der Waals surface area contributed by atoms with Crippen molar-refractivity contribution in [1.29, 1.82) is 5.26 Å². The summed E-state index contributed by atoms with van der Waals surface area (Å²) in [5.74, 6) is -0.173. The Morgan fingerprint density at radius 3 is 2.29 bits per heavy atom. The Bertz CT molecular complexity index is 1450. The van der Waals surface area contributed by atoms with Gasteiger partial charge in [-0.2, -0.15) is 31.6 Å². The highest BCUT2D eigenvalue weighted by atomic mass is 32.1. The summed E-state index contributed by atoms with van der Waals surface area (Å²) in [5.41, 5.74) is -1.44. The van der Waals surface area contributed by atoms with Crippen LogP contribution in [0.5, 0.6) is 0 Å². The van der Waals surface area contributed by atoms with E-state index in [1.54, 1.807) is 11.0 Å². The van der Waals surface area contributed by atoms with Crippen LogP contribution < -0.4 is 9.80 Å². The molecule has 0 radical (unpaired) electrons. The summed E-state index contributed by atoms with van der Waals surface area (Å²) in [6.07, 6.45) is -8.19. The van der Waals surface area contributed by atoms with Crippen LogP contribution >= 0.6 is 11.3 Å². The summed E-state index contributed by atoms with van der Waals surface area (Å²) >= 11 is 1.31. The van der Waals surface area contributed by atoms with Gasteiger partial charge >= 0.3 is 12.4 Å². The van der Waals surface area contributed by atoms with Crippen molar-refractivity contribution in [2.45, 2.75) is 31.3 Å². The summed E-state index contributed by atoms with van der Waals surface area (Å²) in [4.78, 5) is 22.6. The normalized spacial score (nSPS) is 17.2. The fourth-order valence-electron chi connectivity index (χ4n) is 5.00. The van der Waals surface area contributed by atoms with Crippen molar-refractivity contribution >= 4 is 38.3 Å². The predicted molar refractivity (Wildman–Crippen MR) is 141 cm³/mol. The van der Waals surface area contributed by atoms with Gasteiger partial charge in [0.05, 0.1) is 39.1 Å². The Balaban J connectivity index is 1.09. The monoisotopic (exact) mass is 597 g/mol. The maximum atomic E-state index is 13.3. The summed E-state index contributed by atoms with van der Waals surface area (Å²) in [5, 5.41) is 9.60. The van der Waals surface area contributed by atoms with E-state index >= 15 is 0 Å². The van der Waals surface area contributed by atoms with Gasteiger partial charge < -0.3 is 19.4 Å². The third-order valence-electron chi connectivity index (χ3n) is 7.29. The molecule has 2 aromatic carbocycles. The number of ether oxygens (including phenoxy) is 1. The first-order valence-corrected chi connectivity index (χ1v) is 13.7. The number of carbonyl (C=O) groups is 1. The molecule has 0 atom stereocenters. The smallest absolute Gasteiger partial charge is 0.371 e. The van der Waals surface area contributed by atoms with Crippen LogP contribution in [0.4, 0.5) is 37.2 Å². The number of hydrogen-bond donors (Lipinski definition) is 0. The van der Waals surface area contributed by atoms with Crippen molar-refractivity contribution in [1.82, 2.24) is 9.88 Å². The minimum atomic E-state index is -4.62. The summed E-state index contributed by atoms with van der Waals surface area (Å²) in [7, 11) is 0. The fraction of sp³-hybridized carbons (Fsp3) is 0.444. The number of nitrogens with zero attached hydrogens (tertiary/aromatic N) is 5. The van der Waals surface area contributed by atoms with Gasteiger partial charge in [-0.25, -0.2) is 4.98 Å². The minimum Gasteiger partial charge on any atom is -0.371 e. The number of piperazine rings is 1. The van der Waals surface area contributed by atoms with Crippen molar-refractivity contribution < 1.29 is 35.9 Å². The molecule has 218 valence electrons. The molecule has 5 rings (SSSR count). The van der Waals surface area contributed by atoms with Gasteiger partial charge in [0.1, 0.15) is 6.61 Å². The van der Waals surface area contributed by atoms with E-state index in [9.17, 15) is 31.1 Å². The van der Waals surface area contributed by atoms with E-state index in [2.05, 4.69) is 4.98 Å². The van der Waals surface area contributed by atoms with E-state index in [1.165, 1.54) is 29.5 Å². The van der Waals surface area contributed by atoms with Crippen LogP contribution in [0.25, 0.3) is 10.2 Å². The Labute approximate surface area is 235 Å². The molecule has 0 bridgehead atoms. The Hall–Kier alpha value is -3.57. The lowest BCUT2D eigenvalue weighted by Gasteiger charge is -2.36. The van der Waals surface area contributed by atoms with Crippen molar-refractivity contribution in [3.8, 4) is 6.07 Å². The molecule has 41 heavy (non-hydrogen) atoms. The first kappa shape index (κ1) is 28.9. The van der Waals surface area contributed by atoms with E-state index in [0.29, 0.717) is 67.6 Å². The third-order valence-corrected chi connectivity index (χ3v) is 8.38. The zero-order valence-electron chi connectivity index (χ0n) is 21.6. The number of hydrogen-bond acceptors (Lipinski definition) is 7. The van der Waals surface area contributed by atoms with Gasteiger partial charge in [-0.05, 0) is 49.2 Å². The highest BCUT2D eigenvalue weighted by Crippen LogP contribution is 2.36. The van der Waals surface area contributed by atoms with Crippen molar-refractivity contribution in [3.05, 3.63) is 53.1 Å². The molecule has 1 amide bonds. The molecule has 3 aromatic rings. The number of amides is 1.